The van der Waals surface area contributed by atoms with Crippen LogP contribution < -0.4 is 5.32 Å². The quantitative estimate of drug-likeness (QED) is 0.653. The normalized spacial score (nSPS) is 31.7. The van der Waals surface area contributed by atoms with Crippen molar-refractivity contribution >= 4 is 6.09 Å². The van der Waals surface area contributed by atoms with Crippen molar-refractivity contribution in [3.63, 3.8) is 0 Å². The van der Waals surface area contributed by atoms with Gasteiger partial charge in [0.2, 0.25) is 0 Å². The Balaban J connectivity index is 0.000000253. The summed E-state index contributed by atoms with van der Waals surface area (Å²) < 4.78 is 0. The molecule has 0 aliphatic heterocycles. The van der Waals surface area contributed by atoms with Crippen molar-refractivity contribution in [3.05, 3.63) is 11.6 Å². The molecule has 4 atom stereocenters. The molecule has 2 fully saturated rings. The molecular formula is C20H37NO2. The molecule has 0 aromatic carbocycles. The molecular weight excluding hydrogens is 286 g/mol. The molecule has 3 nitrogen and oxygen atoms in total. The van der Waals surface area contributed by atoms with Gasteiger partial charge in [0.25, 0.3) is 0 Å². The van der Waals surface area contributed by atoms with Gasteiger partial charge in [0.15, 0.2) is 0 Å². The lowest BCUT2D eigenvalue weighted by Gasteiger charge is -2.37. The van der Waals surface area contributed by atoms with Crippen LogP contribution in [0.5, 0.6) is 0 Å². The van der Waals surface area contributed by atoms with Crippen LogP contribution in [0.2, 0.25) is 0 Å². The predicted octanol–water partition coefficient (Wildman–Crippen LogP) is 5.71. The molecule has 0 bridgehead atoms. The second kappa shape index (κ2) is 8.21. The standard InChI is InChI=1S/C11H21NO2.C9H16/c1-7(2)9-5-4-8(3)6-10(9)12-11(13)14;1-7(2)5-8-6-9(8,3)4/h7-10,12H,4-6H2,1-3H3,(H,13,14);5,8H,6H2,1-4H3/t8-,9+,10+;/m0./s1. The summed E-state index contributed by atoms with van der Waals surface area (Å²) in [6.07, 6.45) is 6.28. The zero-order chi connectivity index (χ0) is 17.8. The number of allylic oxidation sites excluding steroid dienone is 2. The van der Waals surface area contributed by atoms with Gasteiger partial charge in [0.1, 0.15) is 0 Å². The van der Waals surface area contributed by atoms with Crippen molar-refractivity contribution in [2.75, 3.05) is 0 Å². The molecule has 2 saturated carbocycles. The topological polar surface area (TPSA) is 49.3 Å². The first-order chi connectivity index (χ1) is 10.5. The molecule has 0 heterocycles. The Morgan fingerprint density at radius 1 is 1.26 bits per heavy atom. The molecule has 1 amide bonds. The van der Waals surface area contributed by atoms with Crippen LogP contribution in [-0.2, 0) is 0 Å². The van der Waals surface area contributed by atoms with Gasteiger partial charge in [-0.25, -0.2) is 4.79 Å². The maximum absolute atomic E-state index is 10.6. The van der Waals surface area contributed by atoms with Crippen molar-refractivity contribution in [3.8, 4) is 0 Å². The number of hydrogen-bond acceptors (Lipinski definition) is 1. The van der Waals surface area contributed by atoms with Gasteiger partial charge < -0.3 is 10.4 Å². The fraction of sp³-hybridized carbons (Fsp3) is 0.850. The largest absolute Gasteiger partial charge is 0.465 e. The zero-order valence-electron chi connectivity index (χ0n) is 16.1. The molecule has 0 radical (unpaired) electrons. The Kier molecular flexibility index (Phi) is 7.16. The molecule has 0 aromatic rings. The monoisotopic (exact) mass is 323 g/mol. The summed E-state index contributed by atoms with van der Waals surface area (Å²) in [5.74, 6) is 2.62. The average molecular weight is 324 g/mol. The number of nitrogens with one attached hydrogen (secondary N) is 1. The number of rotatable bonds is 3. The van der Waals surface area contributed by atoms with Crippen LogP contribution in [0.1, 0.15) is 74.1 Å². The molecule has 23 heavy (non-hydrogen) atoms. The molecule has 0 saturated heterocycles. The Morgan fingerprint density at radius 2 is 1.83 bits per heavy atom. The third-order valence-electron chi connectivity index (χ3n) is 5.46. The van der Waals surface area contributed by atoms with Crippen LogP contribution in [0.15, 0.2) is 11.6 Å². The lowest BCUT2D eigenvalue weighted by atomic mass is 9.74. The van der Waals surface area contributed by atoms with E-state index in [0.717, 1.165) is 18.8 Å². The molecule has 2 N–H and O–H groups in total. The van der Waals surface area contributed by atoms with E-state index in [1.54, 1.807) is 0 Å². The molecule has 3 heteroatoms. The lowest BCUT2D eigenvalue weighted by molar-refractivity contribution is 0.147. The van der Waals surface area contributed by atoms with Crippen LogP contribution in [0, 0.1) is 29.1 Å². The second-order valence-corrected chi connectivity index (χ2v) is 8.93. The van der Waals surface area contributed by atoms with Crippen LogP contribution in [-0.4, -0.2) is 17.2 Å². The number of carboxylic acid groups (broad SMARTS) is 1. The van der Waals surface area contributed by atoms with E-state index in [9.17, 15) is 4.79 Å². The van der Waals surface area contributed by atoms with E-state index in [0.29, 0.717) is 23.2 Å². The fourth-order valence-electron chi connectivity index (χ4n) is 3.72. The summed E-state index contributed by atoms with van der Waals surface area (Å²) in [5.41, 5.74) is 2.09. The van der Waals surface area contributed by atoms with Crippen LogP contribution in [0.4, 0.5) is 4.79 Å². The predicted molar refractivity (Wildman–Crippen MR) is 97.6 cm³/mol. The smallest absolute Gasteiger partial charge is 0.404 e. The summed E-state index contributed by atoms with van der Waals surface area (Å²) in [6.45, 7) is 15.6. The zero-order valence-corrected chi connectivity index (χ0v) is 16.1. The number of carbonyl (C=O) groups is 1. The maximum atomic E-state index is 10.6. The third kappa shape index (κ3) is 6.97. The highest BCUT2D eigenvalue weighted by atomic mass is 16.4. The molecule has 134 valence electrons. The first-order valence-corrected chi connectivity index (χ1v) is 9.17. The van der Waals surface area contributed by atoms with E-state index in [4.69, 9.17) is 5.11 Å². The van der Waals surface area contributed by atoms with Gasteiger partial charge in [-0.15, -0.1) is 0 Å². The van der Waals surface area contributed by atoms with Crippen molar-refractivity contribution < 1.29 is 9.90 Å². The highest BCUT2D eigenvalue weighted by Gasteiger charge is 2.43. The van der Waals surface area contributed by atoms with E-state index in [1.807, 2.05) is 0 Å². The number of amides is 1. The first-order valence-electron chi connectivity index (χ1n) is 9.17. The van der Waals surface area contributed by atoms with E-state index >= 15 is 0 Å². The first kappa shape index (κ1) is 20.1. The van der Waals surface area contributed by atoms with E-state index in [1.165, 1.54) is 18.4 Å². The van der Waals surface area contributed by atoms with Crippen molar-refractivity contribution in [1.29, 1.82) is 0 Å². The SMILES string of the molecule is CC(C)=CC1CC1(C)C.CC(C)[C@H]1CC[C@H](C)C[C@H]1NC(=O)O. The Hall–Kier alpha value is -0.990. The van der Waals surface area contributed by atoms with Gasteiger partial charge >= 0.3 is 6.09 Å². The fourth-order valence-corrected chi connectivity index (χ4v) is 3.72. The van der Waals surface area contributed by atoms with Crippen molar-refractivity contribution in [2.24, 2.45) is 29.1 Å². The molecule has 2 aliphatic rings. The van der Waals surface area contributed by atoms with Crippen LogP contribution >= 0.6 is 0 Å². The Morgan fingerprint density at radius 3 is 2.17 bits per heavy atom. The Bertz CT molecular complexity index is 421. The molecule has 1 unspecified atom stereocenters. The average Bonchev–Trinajstić information content (AvgIpc) is 2.94. The minimum atomic E-state index is -0.880. The van der Waals surface area contributed by atoms with Crippen molar-refractivity contribution in [2.45, 2.75) is 80.2 Å². The van der Waals surface area contributed by atoms with Gasteiger partial charge in [-0.3, -0.25) is 0 Å². The minimum Gasteiger partial charge on any atom is -0.465 e. The third-order valence-corrected chi connectivity index (χ3v) is 5.46. The summed E-state index contributed by atoms with van der Waals surface area (Å²) >= 11 is 0. The summed E-state index contributed by atoms with van der Waals surface area (Å²) in [6, 6.07) is 0.163. The summed E-state index contributed by atoms with van der Waals surface area (Å²) in [7, 11) is 0. The number of hydrogen-bond donors (Lipinski definition) is 2. The van der Waals surface area contributed by atoms with E-state index in [2.05, 4.69) is 59.9 Å². The maximum Gasteiger partial charge on any atom is 0.404 e. The highest BCUT2D eigenvalue weighted by molar-refractivity contribution is 5.64. The van der Waals surface area contributed by atoms with Gasteiger partial charge in [-0.05, 0) is 62.2 Å². The minimum absolute atomic E-state index is 0.163. The van der Waals surface area contributed by atoms with Gasteiger partial charge in [0.05, 0.1) is 0 Å². The molecule has 2 aliphatic carbocycles. The Labute approximate surface area is 142 Å². The highest BCUT2D eigenvalue weighted by Crippen LogP contribution is 2.52. The molecule has 2 rings (SSSR count). The van der Waals surface area contributed by atoms with Crippen molar-refractivity contribution in [1.82, 2.24) is 5.32 Å². The van der Waals surface area contributed by atoms with E-state index < -0.39 is 6.09 Å². The van der Waals surface area contributed by atoms with Gasteiger partial charge in [-0.2, -0.15) is 0 Å². The van der Waals surface area contributed by atoms with Crippen LogP contribution in [0.3, 0.4) is 0 Å². The second-order valence-electron chi connectivity index (χ2n) is 8.93. The van der Waals surface area contributed by atoms with Gasteiger partial charge in [-0.1, -0.05) is 52.7 Å². The molecule has 0 spiro atoms. The lowest BCUT2D eigenvalue weighted by Crippen LogP contribution is -2.45. The summed E-state index contributed by atoms with van der Waals surface area (Å²) in [5, 5.41) is 11.4. The summed E-state index contributed by atoms with van der Waals surface area (Å²) in [4.78, 5) is 10.6. The molecule has 0 aromatic heterocycles. The van der Waals surface area contributed by atoms with Gasteiger partial charge in [0, 0.05) is 6.04 Å². The van der Waals surface area contributed by atoms with E-state index in [-0.39, 0.29) is 6.04 Å². The van der Waals surface area contributed by atoms with Crippen LogP contribution in [0.25, 0.3) is 0 Å².